The van der Waals surface area contributed by atoms with Crippen LogP contribution >= 0.6 is 12.2 Å². The van der Waals surface area contributed by atoms with Crippen molar-refractivity contribution >= 4 is 34.4 Å². The van der Waals surface area contributed by atoms with Crippen molar-refractivity contribution in [2.75, 3.05) is 6.61 Å². The highest BCUT2D eigenvalue weighted by atomic mass is 32.1. The maximum absolute atomic E-state index is 12.6. The first kappa shape index (κ1) is 19.9. The normalized spacial score (nSPS) is 10.9. The lowest BCUT2D eigenvalue weighted by Crippen LogP contribution is -2.29. The predicted octanol–water partition coefficient (Wildman–Crippen LogP) is 3.66. The van der Waals surface area contributed by atoms with Crippen LogP contribution in [0.5, 0.6) is 5.75 Å². The van der Waals surface area contributed by atoms with Crippen molar-refractivity contribution in [1.82, 2.24) is 9.78 Å². The first-order valence-electron chi connectivity index (χ1n) is 8.45. The molecule has 1 aromatic heterocycles. The maximum atomic E-state index is 12.6. The molecule has 2 aromatic carbocycles. The van der Waals surface area contributed by atoms with E-state index in [9.17, 15) is 14.9 Å². The average Bonchev–Trinajstić information content (AvgIpc) is 3.04. The van der Waals surface area contributed by atoms with Crippen molar-refractivity contribution < 1.29 is 9.66 Å². The van der Waals surface area contributed by atoms with E-state index in [2.05, 4.69) is 15.3 Å². The number of aromatic nitrogens is 2. The number of benzene rings is 2. The van der Waals surface area contributed by atoms with Gasteiger partial charge in [-0.15, -0.1) is 5.11 Å². The van der Waals surface area contributed by atoms with E-state index in [4.69, 9.17) is 22.7 Å². The average molecular weight is 412 g/mol. The number of nitro groups is 1. The van der Waals surface area contributed by atoms with E-state index in [0.717, 1.165) is 4.68 Å². The zero-order valence-corrected chi connectivity index (χ0v) is 16.0. The molecule has 0 unspecified atom stereocenters. The van der Waals surface area contributed by atoms with Gasteiger partial charge in [-0.25, -0.2) is 0 Å². The van der Waals surface area contributed by atoms with E-state index in [1.807, 2.05) is 6.92 Å². The molecule has 3 aromatic rings. The van der Waals surface area contributed by atoms with Crippen LogP contribution in [0.2, 0.25) is 0 Å². The Morgan fingerprint density at radius 2 is 1.86 bits per heavy atom. The van der Waals surface area contributed by atoms with Crippen LogP contribution in [-0.4, -0.2) is 26.4 Å². The van der Waals surface area contributed by atoms with E-state index in [-0.39, 0.29) is 22.2 Å². The molecule has 1 heterocycles. The number of nitrogens with one attached hydrogen (secondary N) is 1. The SMILES string of the molecule is CCOc1ccc(N=Nc2c(-c3ccc([N+](=O)[O-])cc3)[nH]n(C(N)=S)c2=O)cc1. The van der Waals surface area contributed by atoms with Gasteiger partial charge in [0, 0.05) is 17.7 Å². The van der Waals surface area contributed by atoms with Crippen molar-refractivity contribution in [2.24, 2.45) is 16.0 Å². The summed E-state index contributed by atoms with van der Waals surface area (Å²) in [7, 11) is 0. The second-order valence-corrected chi connectivity index (χ2v) is 6.16. The molecule has 0 spiro atoms. The van der Waals surface area contributed by atoms with E-state index in [0.29, 0.717) is 23.6 Å². The molecule has 0 bridgehead atoms. The summed E-state index contributed by atoms with van der Waals surface area (Å²) in [6.45, 7) is 2.42. The van der Waals surface area contributed by atoms with Gasteiger partial charge in [0.2, 0.25) is 0 Å². The van der Waals surface area contributed by atoms with Crippen LogP contribution in [0, 0.1) is 10.1 Å². The van der Waals surface area contributed by atoms with Gasteiger partial charge in [0.1, 0.15) is 5.75 Å². The third kappa shape index (κ3) is 4.35. The van der Waals surface area contributed by atoms with E-state index in [1.165, 1.54) is 24.3 Å². The molecule has 0 fully saturated rings. The molecular weight excluding hydrogens is 396 g/mol. The molecule has 3 rings (SSSR count). The van der Waals surface area contributed by atoms with Gasteiger partial charge >= 0.3 is 5.56 Å². The summed E-state index contributed by atoms with van der Waals surface area (Å²) in [5.41, 5.74) is 6.17. The molecule has 29 heavy (non-hydrogen) atoms. The minimum atomic E-state index is -0.583. The molecule has 0 radical (unpaired) electrons. The molecule has 3 N–H and O–H groups in total. The number of thiocarbonyl (C=S) groups is 1. The third-order valence-corrected chi connectivity index (χ3v) is 4.05. The zero-order valence-electron chi connectivity index (χ0n) is 15.2. The number of hydrogen-bond donors (Lipinski definition) is 2. The quantitative estimate of drug-likeness (QED) is 0.274. The topological polar surface area (TPSA) is 141 Å². The molecule has 0 saturated heterocycles. The van der Waals surface area contributed by atoms with Crippen molar-refractivity contribution in [2.45, 2.75) is 6.92 Å². The Morgan fingerprint density at radius 1 is 1.21 bits per heavy atom. The summed E-state index contributed by atoms with van der Waals surface area (Å²) in [6.07, 6.45) is 0. The highest BCUT2D eigenvalue weighted by Gasteiger charge is 2.18. The number of azo groups is 1. The largest absolute Gasteiger partial charge is 0.494 e. The van der Waals surface area contributed by atoms with Gasteiger partial charge in [0.15, 0.2) is 10.8 Å². The number of aromatic amines is 1. The lowest BCUT2D eigenvalue weighted by atomic mass is 10.1. The molecule has 0 aliphatic rings. The summed E-state index contributed by atoms with van der Waals surface area (Å²) in [5.74, 6) is 0.690. The number of nitrogens with two attached hydrogens (primary N) is 1. The standard InChI is InChI=1S/C18H16N6O4S/c1-2-28-14-9-5-12(6-10-14)20-21-16-15(22-23(17(16)25)18(19)29)11-3-7-13(8-4-11)24(26)27/h3-10,22H,2H2,1H3,(H2,19,29). The Bertz CT molecular complexity index is 1130. The fourth-order valence-electron chi connectivity index (χ4n) is 2.51. The van der Waals surface area contributed by atoms with E-state index in [1.54, 1.807) is 24.3 Å². The fraction of sp³-hybridized carbons (Fsp3) is 0.111. The van der Waals surface area contributed by atoms with Crippen LogP contribution < -0.4 is 16.0 Å². The summed E-state index contributed by atoms with van der Waals surface area (Å²) in [6, 6.07) is 12.5. The van der Waals surface area contributed by atoms with Gasteiger partial charge in [0.05, 0.1) is 22.9 Å². The number of H-pyrrole nitrogens is 1. The number of non-ortho nitro benzene ring substituents is 1. The third-order valence-electron chi connectivity index (χ3n) is 3.87. The number of nitro benzene ring substituents is 1. The van der Waals surface area contributed by atoms with Gasteiger partial charge in [-0.2, -0.15) is 9.80 Å². The van der Waals surface area contributed by atoms with Crippen LogP contribution in [0.4, 0.5) is 17.1 Å². The van der Waals surface area contributed by atoms with Crippen LogP contribution in [-0.2, 0) is 0 Å². The molecule has 0 aliphatic heterocycles. The van der Waals surface area contributed by atoms with Crippen molar-refractivity contribution in [3.63, 3.8) is 0 Å². The molecule has 148 valence electrons. The molecule has 0 aliphatic carbocycles. The molecule has 0 amide bonds. The Hall–Kier alpha value is -3.86. The summed E-state index contributed by atoms with van der Waals surface area (Å²) < 4.78 is 6.33. The summed E-state index contributed by atoms with van der Waals surface area (Å²) in [4.78, 5) is 23.0. The van der Waals surface area contributed by atoms with Crippen LogP contribution in [0.15, 0.2) is 63.6 Å². The van der Waals surface area contributed by atoms with Crippen molar-refractivity contribution in [1.29, 1.82) is 0 Å². The molecule has 10 nitrogen and oxygen atoms in total. The fourth-order valence-corrected chi connectivity index (χ4v) is 2.64. The molecule has 0 atom stereocenters. The first-order chi connectivity index (χ1) is 13.9. The molecule has 0 saturated carbocycles. The minimum absolute atomic E-state index is 0.0273. The van der Waals surface area contributed by atoms with Gasteiger partial charge in [-0.3, -0.25) is 20.0 Å². The first-order valence-corrected chi connectivity index (χ1v) is 8.85. The Morgan fingerprint density at radius 3 is 2.41 bits per heavy atom. The van der Waals surface area contributed by atoms with Gasteiger partial charge in [0.25, 0.3) is 5.69 Å². The van der Waals surface area contributed by atoms with Crippen molar-refractivity contribution in [3.8, 4) is 17.0 Å². The van der Waals surface area contributed by atoms with Gasteiger partial charge in [-0.05, 0) is 55.5 Å². The highest BCUT2D eigenvalue weighted by Crippen LogP contribution is 2.29. The summed E-state index contributed by atoms with van der Waals surface area (Å²) >= 11 is 4.88. The highest BCUT2D eigenvalue weighted by molar-refractivity contribution is 7.80. The minimum Gasteiger partial charge on any atom is -0.494 e. The van der Waals surface area contributed by atoms with E-state index < -0.39 is 10.5 Å². The maximum Gasteiger partial charge on any atom is 0.301 e. The van der Waals surface area contributed by atoms with Crippen LogP contribution in [0.3, 0.4) is 0 Å². The van der Waals surface area contributed by atoms with Crippen LogP contribution in [0.25, 0.3) is 11.3 Å². The van der Waals surface area contributed by atoms with Crippen molar-refractivity contribution in [3.05, 3.63) is 69.0 Å². The number of hydrogen-bond acceptors (Lipinski definition) is 7. The number of rotatable bonds is 6. The van der Waals surface area contributed by atoms with E-state index >= 15 is 0 Å². The second-order valence-electron chi connectivity index (χ2n) is 5.75. The lowest BCUT2D eigenvalue weighted by Gasteiger charge is -2.01. The van der Waals surface area contributed by atoms with Crippen LogP contribution in [0.1, 0.15) is 6.92 Å². The Labute approximate surface area is 169 Å². The number of nitrogens with zero attached hydrogens (tertiary/aromatic N) is 4. The lowest BCUT2D eigenvalue weighted by molar-refractivity contribution is -0.384. The predicted molar refractivity (Wildman–Crippen MR) is 111 cm³/mol. The van der Waals surface area contributed by atoms with Gasteiger partial charge in [-0.1, -0.05) is 0 Å². The smallest absolute Gasteiger partial charge is 0.301 e. The Balaban J connectivity index is 2.01. The Kier molecular flexibility index (Phi) is 5.79. The van der Waals surface area contributed by atoms with Gasteiger partial charge < -0.3 is 10.5 Å². The second kappa shape index (κ2) is 8.44. The zero-order chi connectivity index (χ0) is 21.0. The monoisotopic (exact) mass is 412 g/mol. The molecular formula is C18H16N6O4S. The molecule has 11 heteroatoms. The number of ether oxygens (including phenoxy) is 1. The summed E-state index contributed by atoms with van der Waals surface area (Å²) in [5, 5.41) is 21.6.